The molecule has 0 saturated carbocycles. The number of aromatic nitrogens is 2. The molecule has 1 saturated heterocycles. The molecule has 0 radical (unpaired) electrons. The summed E-state index contributed by atoms with van der Waals surface area (Å²) < 4.78 is 42.7. The van der Waals surface area contributed by atoms with Crippen LogP contribution in [0.3, 0.4) is 0 Å². The van der Waals surface area contributed by atoms with Gasteiger partial charge in [0.05, 0.1) is 42.5 Å². The Labute approximate surface area is 244 Å². The van der Waals surface area contributed by atoms with Gasteiger partial charge < -0.3 is 28.8 Å². The molecule has 1 aromatic heterocycles. The molecule has 0 aliphatic carbocycles. The van der Waals surface area contributed by atoms with Crippen LogP contribution in [0.5, 0.6) is 17.2 Å². The van der Waals surface area contributed by atoms with E-state index in [1.54, 1.807) is 13.2 Å². The molecule has 216 valence electrons. The van der Waals surface area contributed by atoms with Gasteiger partial charge in [0.1, 0.15) is 19.0 Å². The molecule has 1 aliphatic heterocycles. The second-order valence-electron chi connectivity index (χ2n) is 10.8. The summed E-state index contributed by atoms with van der Waals surface area (Å²) in [5.41, 5.74) is 4.51. The lowest BCUT2D eigenvalue weighted by atomic mass is 9.98. The number of nitrogens with one attached hydrogen (secondary N) is 1. The molecule has 0 atom stereocenters. The van der Waals surface area contributed by atoms with Gasteiger partial charge in [-0.2, -0.15) is 0 Å². The Morgan fingerprint density at radius 2 is 1.52 bits per heavy atom. The number of ether oxygens (including phenoxy) is 4. The molecule has 0 bridgehead atoms. The fourth-order valence-electron chi connectivity index (χ4n) is 5.32. The molecule has 2 heterocycles. The van der Waals surface area contributed by atoms with Crippen LogP contribution in [-0.4, -0.2) is 36.9 Å². The molecule has 0 amide bonds. The molecule has 1 aliphatic rings. The number of benzene rings is 4. The molecule has 1 fully saturated rings. The smallest absolute Gasteiger partial charge is 0.207 e. The Morgan fingerprint density at radius 1 is 0.881 bits per heavy atom. The molecule has 0 spiro atoms. The summed E-state index contributed by atoms with van der Waals surface area (Å²) >= 11 is 0. The van der Waals surface area contributed by atoms with Gasteiger partial charge in [0.2, 0.25) is 11.5 Å². The number of methoxy groups -OCH3 is 1. The monoisotopic (exact) mass is 567 g/mol. The van der Waals surface area contributed by atoms with Crippen LogP contribution in [0.4, 0.5) is 4.39 Å². The largest absolute Gasteiger partial charge is 0.493 e. The molecule has 42 heavy (non-hydrogen) atoms. The van der Waals surface area contributed by atoms with Crippen molar-refractivity contribution in [3.63, 3.8) is 0 Å². The van der Waals surface area contributed by atoms with Gasteiger partial charge in [-0.15, -0.1) is 0 Å². The van der Waals surface area contributed by atoms with E-state index in [-0.39, 0.29) is 30.3 Å². The third-order valence-corrected chi connectivity index (χ3v) is 7.52. The Bertz CT molecular complexity index is 1680. The molecule has 0 unspecified atom stereocenters. The van der Waals surface area contributed by atoms with Crippen LogP contribution in [0.15, 0.2) is 84.9 Å². The van der Waals surface area contributed by atoms with E-state index in [1.807, 2.05) is 79.8 Å². The molecule has 8 heteroatoms. The van der Waals surface area contributed by atoms with Crippen LogP contribution in [0, 0.1) is 5.82 Å². The summed E-state index contributed by atoms with van der Waals surface area (Å²) in [6.45, 7) is 4.18. The number of halogens is 1. The van der Waals surface area contributed by atoms with Crippen molar-refractivity contribution < 1.29 is 23.3 Å². The summed E-state index contributed by atoms with van der Waals surface area (Å²) in [5.74, 6) is 0.456. The summed E-state index contributed by atoms with van der Waals surface area (Å²) in [5, 5.41) is 3.20. The minimum Gasteiger partial charge on any atom is -0.493 e. The number of rotatable bonds is 11. The van der Waals surface area contributed by atoms with E-state index in [0.29, 0.717) is 31.3 Å². The summed E-state index contributed by atoms with van der Waals surface area (Å²) in [7, 11) is 3.45. The standard InChI is InChI=1S/C34H34FN3O4/c1-34(21-40-22-34)38-28-16-25(18-36-2)14-15-27(28)37-33(38)26-17-29(39-3)31(41-19-23-10-6-4-7-11-23)32(30(26)35)42-20-24-12-8-5-9-13-24/h4-17,36H,18-22H2,1-3H3. The molecular weight excluding hydrogens is 533 g/mol. The van der Waals surface area contributed by atoms with Crippen LogP contribution in [-0.2, 0) is 30.0 Å². The van der Waals surface area contributed by atoms with Crippen molar-refractivity contribution in [1.82, 2.24) is 14.9 Å². The van der Waals surface area contributed by atoms with Crippen LogP contribution in [0.1, 0.15) is 23.6 Å². The van der Waals surface area contributed by atoms with Crippen molar-refractivity contribution in [2.45, 2.75) is 32.2 Å². The molecule has 7 nitrogen and oxygen atoms in total. The Morgan fingerprint density at radius 3 is 2.10 bits per heavy atom. The van der Waals surface area contributed by atoms with Crippen LogP contribution < -0.4 is 19.5 Å². The topological polar surface area (TPSA) is 66.8 Å². The molecule has 1 N–H and O–H groups in total. The van der Waals surface area contributed by atoms with Gasteiger partial charge in [-0.05, 0) is 48.9 Å². The zero-order valence-corrected chi connectivity index (χ0v) is 24.0. The van der Waals surface area contributed by atoms with E-state index in [1.165, 1.54) is 0 Å². The van der Waals surface area contributed by atoms with Gasteiger partial charge in [-0.3, -0.25) is 0 Å². The summed E-state index contributed by atoms with van der Waals surface area (Å²) in [4.78, 5) is 4.95. The fraction of sp³-hybridized carbons (Fsp3) is 0.265. The van der Waals surface area contributed by atoms with Crippen molar-refractivity contribution in [3.8, 4) is 28.6 Å². The second-order valence-corrected chi connectivity index (χ2v) is 10.8. The zero-order valence-electron chi connectivity index (χ0n) is 24.0. The number of nitrogens with zero attached hydrogens (tertiary/aromatic N) is 2. The molecule has 4 aromatic carbocycles. The number of hydrogen-bond donors (Lipinski definition) is 1. The Balaban J connectivity index is 1.51. The van der Waals surface area contributed by atoms with Gasteiger partial charge in [-0.1, -0.05) is 66.7 Å². The van der Waals surface area contributed by atoms with E-state index in [9.17, 15) is 0 Å². The summed E-state index contributed by atoms with van der Waals surface area (Å²) in [6, 6.07) is 27.1. The first-order valence-corrected chi connectivity index (χ1v) is 14.0. The van der Waals surface area contributed by atoms with E-state index in [4.69, 9.17) is 23.9 Å². The van der Waals surface area contributed by atoms with Gasteiger partial charge >= 0.3 is 0 Å². The molecular formula is C34H34FN3O4. The first kappa shape index (κ1) is 27.8. The highest BCUT2D eigenvalue weighted by atomic mass is 19.1. The minimum atomic E-state index is -0.564. The summed E-state index contributed by atoms with van der Waals surface area (Å²) in [6.07, 6.45) is 0. The van der Waals surface area contributed by atoms with Crippen LogP contribution in [0.2, 0.25) is 0 Å². The van der Waals surface area contributed by atoms with E-state index >= 15 is 4.39 Å². The predicted molar refractivity (Wildman–Crippen MR) is 160 cm³/mol. The SMILES string of the molecule is CNCc1ccc2nc(-c3cc(OC)c(OCc4ccccc4)c(OCc4ccccc4)c3F)n(C3(C)COC3)c2c1. The Hall–Kier alpha value is -4.40. The lowest BCUT2D eigenvalue weighted by Crippen LogP contribution is -2.49. The normalized spacial score (nSPS) is 14.0. The lowest BCUT2D eigenvalue weighted by Gasteiger charge is -2.41. The van der Waals surface area contributed by atoms with E-state index in [2.05, 4.69) is 22.9 Å². The van der Waals surface area contributed by atoms with Crippen molar-refractivity contribution in [1.29, 1.82) is 0 Å². The lowest BCUT2D eigenvalue weighted by molar-refractivity contribution is -0.0868. The zero-order chi connectivity index (χ0) is 29.1. The van der Waals surface area contributed by atoms with E-state index in [0.717, 1.165) is 27.7 Å². The van der Waals surface area contributed by atoms with Gasteiger partial charge in [-0.25, -0.2) is 9.37 Å². The average molecular weight is 568 g/mol. The van der Waals surface area contributed by atoms with Gasteiger partial charge in [0, 0.05) is 6.54 Å². The predicted octanol–water partition coefficient (Wildman–Crippen LogP) is 6.47. The number of fused-ring (bicyclic) bond motifs is 1. The van der Waals surface area contributed by atoms with Crippen molar-refractivity contribution in [2.75, 3.05) is 27.4 Å². The highest BCUT2D eigenvalue weighted by Gasteiger charge is 2.40. The average Bonchev–Trinajstić information content (AvgIpc) is 3.38. The van der Waals surface area contributed by atoms with Crippen molar-refractivity contribution in [3.05, 3.63) is 107 Å². The first-order valence-electron chi connectivity index (χ1n) is 14.0. The number of hydrogen-bond acceptors (Lipinski definition) is 6. The van der Waals surface area contributed by atoms with Crippen molar-refractivity contribution in [2.24, 2.45) is 0 Å². The van der Waals surface area contributed by atoms with Gasteiger partial charge in [0.15, 0.2) is 11.6 Å². The maximum absolute atomic E-state index is 16.8. The third-order valence-electron chi connectivity index (χ3n) is 7.52. The third kappa shape index (κ3) is 5.31. The molecule has 6 rings (SSSR count). The Kier molecular flexibility index (Phi) is 7.82. The number of imidazole rings is 1. The second kappa shape index (κ2) is 11.8. The molecule has 5 aromatic rings. The maximum Gasteiger partial charge on any atom is 0.207 e. The quantitative estimate of drug-likeness (QED) is 0.197. The van der Waals surface area contributed by atoms with Crippen LogP contribution in [0.25, 0.3) is 22.4 Å². The minimum absolute atomic E-state index is 0.0198. The highest BCUT2D eigenvalue weighted by molar-refractivity contribution is 5.83. The van der Waals surface area contributed by atoms with Crippen LogP contribution >= 0.6 is 0 Å². The highest BCUT2D eigenvalue weighted by Crippen LogP contribution is 2.47. The fourth-order valence-corrected chi connectivity index (χ4v) is 5.32. The van der Waals surface area contributed by atoms with Crippen molar-refractivity contribution >= 4 is 11.0 Å². The van der Waals surface area contributed by atoms with E-state index < -0.39 is 11.4 Å². The first-order chi connectivity index (χ1) is 20.5. The van der Waals surface area contributed by atoms with Gasteiger partial charge in [0.25, 0.3) is 0 Å². The maximum atomic E-state index is 16.8.